The van der Waals surface area contributed by atoms with E-state index in [-0.39, 0.29) is 24.4 Å². The summed E-state index contributed by atoms with van der Waals surface area (Å²) in [7, 11) is 0. The van der Waals surface area contributed by atoms with Crippen molar-refractivity contribution in [3.63, 3.8) is 0 Å². The highest BCUT2D eigenvalue weighted by Crippen LogP contribution is 2.31. The minimum absolute atomic E-state index is 0. The van der Waals surface area contributed by atoms with E-state index in [2.05, 4.69) is 22.5 Å². The van der Waals surface area contributed by atoms with Crippen molar-refractivity contribution in [3.05, 3.63) is 0 Å². The Morgan fingerprint density at radius 1 is 1.04 bits per heavy atom. The molecule has 2 amide bonds. The lowest BCUT2D eigenvalue weighted by Crippen LogP contribution is -2.47. The standard InChI is InChI=1S/C20H35N3O2.ClH/c1-15-6-8-16(9-7-15)12-19(24)23-11-3-4-17(14-23)13-22-20(25)18-5-2-10-21-18;/h15-18,21H,2-14H2,1H3,(H,22,25);1H. The van der Waals surface area contributed by atoms with Crippen molar-refractivity contribution in [1.82, 2.24) is 15.5 Å². The van der Waals surface area contributed by atoms with Gasteiger partial charge in [-0.2, -0.15) is 0 Å². The smallest absolute Gasteiger partial charge is 0.237 e. The van der Waals surface area contributed by atoms with E-state index in [0.29, 0.717) is 24.3 Å². The van der Waals surface area contributed by atoms with Gasteiger partial charge in [-0.1, -0.05) is 19.8 Å². The summed E-state index contributed by atoms with van der Waals surface area (Å²) in [5.74, 6) is 2.32. The molecule has 0 bridgehead atoms. The van der Waals surface area contributed by atoms with E-state index in [4.69, 9.17) is 0 Å². The number of carbonyl (C=O) groups excluding carboxylic acids is 2. The molecule has 2 atom stereocenters. The maximum absolute atomic E-state index is 12.7. The molecule has 26 heavy (non-hydrogen) atoms. The molecule has 5 nitrogen and oxygen atoms in total. The number of nitrogens with zero attached hydrogens (tertiary/aromatic N) is 1. The van der Waals surface area contributed by atoms with Crippen LogP contribution in [0.5, 0.6) is 0 Å². The van der Waals surface area contributed by atoms with Crippen LogP contribution in [0.2, 0.25) is 0 Å². The predicted molar refractivity (Wildman–Crippen MR) is 106 cm³/mol. The highest BCUT2D eigenvalue weighted by atomic mass is 35.5. The van der Waals surface area contributed by atoms with Crippen LogP contribution >= 0.6 is 12.4 Å². The lowest BCUT2D eigenvalue weighted by atomic mass is 9.81. The topological polar surface area (TPSA) is 61.4 Å². The SMILES string of the molecule is CC1CCC(CC(=O)N2CCCC(CNC(=O)C3CCCN3)C2)CC1.Cl. The molecule has 0 aromatic rings. The first-order valence-electron chi connectivity index (χ1n) is 10.4. The van der Waals surface area contributed by atoms with Gasteiger partial charge in [0, 0.05) is 26.1 Å². The van der Waals surface area contributed by atoms with Gasteiger partial charge in [-0.25, -0.2) is 0 Å². The van der Waals surface area contributed by atoms with E-state index in [9.17, 15) is 9.59 Å². The van der Waals surface area contributed by atoms with Crippen molar-refractivity contribution in [2.45, 2.75) is 70.8 Å². The van der Waals surface area contributed by atoms with Crippen LogP contribution in [0.25, 0.3) is 0 Å². The van der Waals surface area contributed by atoms with Crippen molar-refractivity contribution in [2.24, 2.45) is 17.8 Å². The zero-order valence-electron chi connectivity index (χ0n) is 16.2. The number of nitrogens with one attached hydrogen (secondary N) is 2. The van der Waals surface area contributed by atoms with Gasteiger partial charge in [0.05, 0.1) is 6.04 Å². The number of carbonyl (C=O) groups is 2. The Balaban J connectivity index is 0.00000243. The van der Waals surface area contributed by atoms with Gasteiger partial charge < -0.3 is 15.5 Å². The molecule has 3 aliphatic rings. The molecule has 0 radical (unpaired) electrons. The van der Waals surface area contributed by atoms with Crippen molar-refractivity contribution in [1.29, 1.82) is 0 Å². The maximum atomic E-state index is 12.7. The van der Waals surface area contributed by atoms with Crippen LogP contribution in [0.4, 0.5) is 0 Å². The number of rotatable bonds is 5. The van der Waals surface area contributed by atoms with E-state index < -0.39 is 0 Å². The fourth-order valence-electron chi connectivity index (χ4n) is 4.64. The zero-order chi connectivity index (χ0) is 17.6. The van der Waals surface area contributed by atoms with Gasteiger partial charge in [-0.3, -0.25) is 9.59 Å². The third-order valence-electron chi connectivity index (χ3n) is 6.41. The molecular formula is C20H36ClN3O2. The molecule has 0 aromatic heterocycles. The summed E-state index contributed by atoms with van der Waals surface area (Å²) in [6.45, 7) is 5.70. The van der Waals surface area contributed by atoms with Gasteiger partial charge in [0.25, 0.3) is 0 Å². The molecule has 1 saturated carbocycles. The molecule has 2 N–H and O–H groups in total. The molecule has 1 aliphatic carbocycles. The van der Waals surface area contributed by atoms with Gasteiger partial charge in [-0.15, -0.1) is 12.4 Å². The Hall–Kier alpha value is -0.810. The second kappa shape index (κ2) is 10.5. The summed E-state index contributed by atoms with van der Waals surface area (Å²) in [5.41, 5.74) is 0. The Morgan fingerprint density at radius 3 is 2.50 bits per heavy atom. The lowest BCUT2D eigenvalue weighted by molar-refractivity contribution is -0.134. The second-order valence-electron chi connectivity index (χ2n) is 8.57. The summed E-state index contributed by atoms with van der Waals surface area (Å²) >= 11 is 0. The molecule has 0 spiro atoms. The summed E-state index contributed by atoms with van der Waals surface area (Å²) in [5, 5.41) is 6.34. The Morgan fingerprint density at radius 2 is 1.81 bits per heavy atom. The van der Waals surface area contributed by atoms with Crippen LogP contribution < -0.4 is 10.6 Å². The third-order valence-corrected chi connectivity index (χ3v) is 6.41. The van der Waals surface area contributed by atoms with E-state index in [1.807, 2.05) is 0 Å². The molecule has 0 aromatic carbocycles. The highest BCUT2D eigenvalue weighted by molar-refractivity contribution is 5.85. The monoisotopic (exact) mass is 385 g/mol. The molecule has 2 aliphatic heterocycles. The summed E-state index contributed by atoms with van der Waals surface area (Å²) in [6.07, 6.45) is 9.94. The molecular weight excluding hydrogens is 350 g/mol. The normalized spacial score (nSPS) is 32.0. The first kappa shape index (κ1) is 21.5. The first-order valence-corrected chi connectivity index (χ1v) is 10.4. The first-order chi connectivity index (χ1) is 12.1. The van der Waals surface area contributed by atoms with Crippen molar-refractivity contribution < 1.29 is 9.59 Å². The largest absolute Gasteiger partial charge is 0.354 e. The molecule has 3 rings (SSSR count). The Bertz CT molecular complexity index is 460. The molecule has 2 heterocycles. The third kappa shape index (κ3) is 6.12. The molecule has 2 saturated heterocycles. The van der Waals surface area contributed by atoms with Crippen molar-refractivity contribution >= 4 is 24.2 Å². The minimum atomic E-state index is -0.00461. The van der Waals surface area contributed by atoms with E-state index in [1.54, 1.807) is 0 Å². The number of hydrogen-bond donors (Lipinski definition) is 2. The number of amides is 2. The van der Waals surface area contributed by atoms with Crippen LogP contribution in [0, 0.1) is 17.8 Å². The second-order valence-corrected chi connectivity index (χ2v) is 8.57. The predicted octanol–water partition coefficient (Wildman–Crippen LogP) is 2.73. The fourth-order valence-corrected chi connectivity index (χ4v) is 4.64. The maximum Gasteiger partial charge on any atom is 0.237 e. The number of piperidine rings is 1. The Kier molecular flexibility index (Phi) is 8.68. The van der Waals surface area contributed by atoms with Crippen LogP contribution in [0.1, 0.15) is 64.7 Å². The van der Waals surface area contributed by atoms with Crippen LogP contribution in [0.15, 0.2) is 0 Å². The van der Waals surface area contributed by atoms with Gasteiger partial charge in [0.2, 0.25) is 11.8 Å². The molecule has 3 fully saturated rings. The van der Waals surface area contributed by atoms with Gasteiger partial charge in [-0.05, 0) is 62.8 Å². The average molecular weight is 386 g/mol. The fraction of sp³-hybridized carbons (Fsp3) is 0.900. The van der Waals surface area contributed by atoms with Gasteiger partial charge in [0.1, 0.15) is 0 Å². The zero-order valence-corrected chi connectivity index (χ0v) is 17.0. The van der Waals surface area contributed by atoms with Crippen LogP contribution in [0.3, 0.4) is 0 Å². The molecule has 6 heteroatoms. The number of halogens is 1. The van der Waals surface area contributed by atoms with E-state index in [0.717, 1.165) is 57.7 Å². The molecule has 2 unspecified atom stereocenters. The number of hydrogen-bond acceptors (Lipinski definition) is 3. The van der Waals surface area contributed by atoms with Crippen molar-refractivity contribution in [2.75, 3.05) is 26.2 Å². The highest BCUT2D eigenvalue weighted by Gasteiger charge is 2.28. The summed E-state index contributed by atoms with van der Waals surface area (Å²) < 4.78 is 0. The quantitative estimate of drug-likeness (QED) is 0.764. The van der Waals surface area contributed by atoms with Crippen molar-refractivity contribution in [3.8, 4) is 0 Å². The average Bonchev–Trinajstić information content (AvgIpc) is 3.16. The minimum Gasteiger partial charge on any atom is -0.354 e. The summed E-state index contributed by atoms with van der Waals surface area (Å²) in [4.78, 5) is 26.9. The molecule has 150 valence electrons. The number of likely N-dealkylation sites (tertiary alicyclic amines) is 1. The van der Waals surface area contributed by atoms with Gasteiger partial charge >= 0.3 is 0 Å². The Labute approximate surface area is 164 Å². The lowest BCUT2D eigenvalue weighted by Gasteiger charge is -2.35. The van der Waals surface area contributed by atoms with Crippen LogP contribution in [-0.4, -0.2) is 48.9 Å². The van der Waals surface area contributed by atoms with Crippen LogP contribution in [-0.2, 0) is 9.59 Å². The van der Waals surface area contributed by atoms with E-state index in [1.165, 1.54) is 25.7 Å². The van der Waals surface area contributed by atoms with Gasteiger partial charge in [0.15, 0.2) is 0 Å². The van der Waals surface area contributed by atoms with E-state index >= 15 is 0 Å². The summed E-state index contributed by atoms with van der Waals surface area (Å²) in [6, 6.07) is -0.00461.